The lowest BCUT2D eigenvalue weighted by Crippen LogP contribution is -2.39. The largest absolute Gasteiger partial charge is 0.393 e. The molecular formula is C11H21N3OS. The van der Waals surface area contributed by atoms with Crippen molar-refractivity contribution < 1.29 is 4.79 Å². The first-order valence-corrected chi connectivity index (χ1v) is 6.13. The van der Waals surface area contributed by atoms with Gasteiger partial charge in [-0.15, -0.1) is 0 Å². The van der Waals surface area contributed by atoms with Gasteiger partial charge in [-0.3, -0.25) is 4.79 Å². The molecule has 4 nitrogen and oxygen atoms in total. The van der Waals surface area contributed by atoms with Crippen LogP contribution in [0.3, 0.4) is 0 Å². The molecule has 0 radical (unpaired) electrons. The second-order valence-electron chi connectivity index (χ2n) is 4.62. The van der Waals surface area contributed by atoms with Gasteiger partial charge in [-0.2, -0.15) is 0 Å². The van der Waals surface area contributed by atoms with Gasteiger partial charge in [0, 0.05) is 32.0 Å². The van der Waals surface area contributed by atoms with E-state index in [0.717, 1.165) is 25.9 Å². The number of carbonyl (C=O) groups is 1. The van der Waals surface area contributed by atoms with E-state index in [0.29, 0.717) is 18.0 Å². The van der Waals surface area contributed by atoms with E-state index in [9.17, 15) is 4.79 Å². The average Bonchev–Trinajstić information content (AvgIpc) is 2.99. The quantitative estimate of drug-likeness (QED) is 0.660. The molecule has 0 unspecified atom stereocenters. The molecular weight excluding hydrogens is 222 g/mol. The number of nitrogens with two attached hydrogens (primary N) is 1. The lowest BCUT2D eigenvalue weighted by molar-refractivity contribution is -0.132. The van der Waals surface area contributed by atoms with Gasteiger partial charge in [0.1, 0.15) is 0 Å². The summed E-state index contributed by atoms with van der Waals surface area (Å²) in [7, 11) is 4.01. The first kappa shape index (κ1) is 13.4. The molecule has 1 fully saturated rings. The van der Waals surface area contributed by atoms with Crippen molar-refractivity contribution >= 4 is 23.1 Å². The Morgan fingerprint density at radius 2 is 1.94 bits per heavy atom. The van der Waals surface area contributed by atoms with Crippen molar-refractivity contribution in [3.8, 4) is 0 Å². The van der Waals surface area contributed by atoms with Crippen molar-refractivity contribution in [3.05, 3.63) is 0 Å². The van der Waals surface area contributed by atoms with Crippen LogP contribution in [0.2, 0.25) is 0 Å². The molecule has 1 aliphatic rings. The van der Waals surface area contributed by atoms with Crippen molar-refractivity contribution in [1.82, 2.24) is 9.80 Å². The number of rotatable bonds is 7. The first-order chi connectivity index (χ1) is 7.50. The molecule has 0 aromatic rings. The van der Waals surface area contributed by atoms with Gasteiger partial charge in [0.2, 0.25) is 5.91 Å². The Bertz CT molecular complexity index is 264. The smallest absolute Gasteiger partial charge is 0.225 e. The number of nitrogens with zero attached hydrogens (tertiary/aromatic N) is 2. The normalized spacial score (nSPS) is 15.2. The lowest BCUT2D eigenvalue weighted by atomic mass is 10.3. The third-order valence-corrected chi connectivity index (χ3v) is 2.89. The molecule has 5 heteroatoms. The average molecular weight is 243 g/mol. The van der Waals surface area contributed by atoms with Crippen LogP contribution >= 0.6 is 12.2 Å². The van der Waals surface area contributed by atoms with Gasteiger partial charge in [-0.25, -0.2) is 0 Å². The molecule has 0 bridgehead atoms. The fourth-order valence-corrected chi connectivity index (χ4v) is 1.58. The Kier molecular flexibility index (Phi) is 5.15. The molecule has 1 aliphatic carbocycles. The highest BCUT2D eigenvalue weighted by Crippen LogP contribution is 2.30. The Balaban J connectivity index is 2.39. The highest BCUT2D eigenvalue weighted by molar-refractivity contribution is 7.80. The molecule has 92 valence electrons. The topological polar surface area (TPSA) is 49.6 Å². The van der Waals surface area contributed by atoms with E-state index in [1.54, 1.807) is 0 Å². The van der Waals surface area contributed by atoms with Crippen molar-refractivity contribution in [1.29, 1.82) is 0 Å². The number of thiocarbonyl (C=S) groups is 1. The SMILES string of the molecule is CN(C)CCN(CCC(N)=S)C(=O)C1CC1. The Morgan fingerprint density at radius 1 is 1.31 bits per heavy atom. The van der Waals surface area contributed by atoms with E-state index in [2.05, 4.69) is 4.90 Å². The maximum absolute atomic E-state index is 12.0. The number of carbonyl (C=O) groups excluding carboxylic acids is 1. The summed E-state index contributed by atoms with van der Waals surface area (Å²) < 4.78 is 0. The van der Waals surface area contributed by atoms with Crippen LogP contribution in [0.1, 0.15) is 19.3 Å². The van der Waals surface area contributed by atoms with Crippen LogP contribution in [0.4, 0.5) is 0 Å². The summed E-state index contributed by atoms with van der Waals surface area (Å²) >= 11 is 4.85. The van der Waals surface area contributed by atoms with E-state index in [-0.39, 0.29) is 11.8 Å². The zero-order valence-electron chi connectivity index (χ0n) is 10.1. The third-order valence-electron chi connectivity index (χ3n) is 2.68. The Labute approximate surface area is 103 Å². The van der Waals surface area contributed by atoms with E-state index in [1.807, 2.05) is 19.0 Å². The minimum atomic E-state index is 0.272. The van der Waals surface area contributed by atoms with Crippen LogP contribution in [-0.2, 0) is 4.79 Å². The molecule has 0 spiro atoms. The molecule has 0 aliphatic heterocycles. The highest BCUT2D eigenvalue weighted by atomic mass is 32.1. The highest BCUT2D eigenvalue weighted by Gasteiger charge is 2.33. The second kappa shape index (κ2) is 6.15. The van der Waals surface area contributed by atoms with E-state index in [4.69, 9.17) is 18.0 Å². The molecule has 16 heavy (non-hydrogen) atoms. The van der Waals surface area contributed by atoms with Gasteiger partial charge in [0.15, 0.2) is 0 Å². The standard InChI is InChI=1S/C11H21N3OS/c1-13(2)7-8-14(6-5-10(12)16)11(15)9-3-4-9/h9H,3-8H2,1-2H3,(H2,12,16). The van der Waals surface area contributed by atoms with Crippen molar-refractivity contribution in [2.45, 2.75) is 19.3 Å². The van der Waals surface area contributed by atoms with E-state index in [1.165, 1.54) is 0 Å². The minimum absolute atomic E-state index is 0.272. The van der Waals surface area contributed by atoms with E-state index >= 15 is 0 Å². The summed E-state index contributed by atoms with van der Waals surface area (Å²) in [6.45, 7) is 2.32. The summed E-state index contributed by atoms with van der Waals surface area (Å²) in [6, 6.07) is 0. The van der Waals surface area contributed by atoms with Gasteiger partial charge in [-0.1, -0.05) is 12.2 Å². The third kappa shape index (κ3) is 4.90. The second-order valence-corrected chi connectivity index (χ2v) is 5.14. The maximum atomic E-state index is 12.0. The Morgan fingerprint density at radius 3 is 2.38 bits per heavy atom. The number of hydrogen-bond donors (Lipinski definition) is 1. The van der Waals surface area contributed by atoms with Gasteiger partial charge < -0.3 is 15.5 Å². The molecule has 1 amide bonds. The van der Waals surface area contributed by atoms with Gasteiger partial charge in [0.25, 0.3) is 0 Å². The summed E-state index contributed by atoms with van der Waals surface area (Å²) in [5.41, 5.74) is 5.47. The van der Waals surface area contributed by atoms with Crippen molar-refractivity contribution in [3.63, 3.8) is 0 Å². The molecule has 1 rings (SSSR count). The summed E-state index contributed by atoms with van der Waals surface area (Å²) in [6.07, 6.45) is 2.72. The van der Waals surface area contributed by atoms with Crippen molar-refractivity contribution in [2.24, 2.45) is 11.7 Å². The zero-order chi connectivity index (χ0) is 12.1. The lowest BCUT2D eigenvalue weighted by Gasteiger charge is -2.24. The van der Waals surface area contributed by atoms with Crippen LogP contribution in [0, 0.1) is 5.92 Å². The number of likely N-dealkylation sites (N-methyl/N-ethyl adjacent to an activating group) is 1. The van der Waals surface area contributed by atoms with Crippen LogP contribution in [0.25, 0.3) is 0 Å². The molecule has 1 saturated carbocycles. The zero-order valence-corrected chi connectivity index (χ0v) is 10.9. The predicted molar refractivity (Wildman–Crippen MR) is 69.3 cm³/mol. The predicted octanol–water partition coefficient (Wildman–Crippen LogP) is 0.463. The fourth-order valence-electron chi connectivity index (χ4n) is 1.49. The van der Waals surface area contributed by atoms with Gasteiger partial charge in [-0.05, 0) is 26.9 Å². The molecule has 0 aromatic heterocycles. The number of hydrogen-bond acceptors (Lipinski definition) is 3. The van der Waals surface area contributed by atoms with Gasteiger partial charge in [0.05, 0.1) is 4.99 Å². The van der Waals surface area contributed by atoms with Gasteiger partial charge >= 0.3 is 0 Å². The Hall–Kier alpha value is -0.680. The van der Waals surface area contributed by atoms with Crippen LogP contribution < -0.4 is 5.73 Å². The van der Waals surface area contributed by atoms with Crippen LogP contribution in [0.15, 0.2) is 0 Å². The molecule has 0 atom stereocenters. The maximum Gasteiger partial charge on any atom is 0.225 e. The number of amides is 1. The van der Waals surface area contributed by atoms with Crippen molar-refractivity contribution in [2.75, 3.05) is 33.7 Å². The monoisotopic (exact) mass is 243 g/mol. The summed E-state index contributed by atoms with van der Waals surface area (Å²) in [5, 5.41) is 0. The molecule has 0 heterocycles. The summed E-state index contributed by atoms with van der Waals surface area (Å²) in [5.74, 6) is 0.548. The summed E-state index contributed by atoms with van der Waals surface area (Å²) in [4.78, 5) is 16.4. The molecule has 2 N–H and O–H groups in total. The van der Waals surface area contributed by atoms with E-state index < -0.39 is 0 Å². The minimum Gasteiger partial charge on any atom is -0.393 e. The fraction of sp³-hybridized carbons (Fsp3) is 0.818. The first-order valence-electron chi connectivity index (χ1n) is 5.72. The molecule has 0 saturated heterocycles. The van der Waals surface area contributed by atoms with Crippen LogP contribution in [-0.4, -0.2) is 54.4 Å². The molecule has 0 aromatic carbocycles. The van der Waals surface area contributed by atoms with Crippen LogP contribution in [0.5, 0.6) is 0 Å².